The number of nitrogens with zero attached hydrogens (tertiary/aromatic N) is 2. The van der Waals surface area contributed by atoms with Crippen LogP contribution in [0, 0.1) is 5.82 Å². The molecule has 1 heterocycles. The third-order valence-corrected chi connectivity index (χ3v) is 3.14. The Bertz CT molecular complexity index is 569. The van der Waals surface area contributed by atoms with Crippen molar-refractivity contribution in [1.29, 1.82) is 0 Å². The van der Waals surface area contributed by atoms with Gasteiger partial charge in [0, 0.05) is 17.0 Å². The number of halogens is 2. The summed E-state index contributed by atoms with van der Waals surface area (Å²) in [4.78, 5) is 8.44. The molecule has 0 saturated carbocycles. The number of anilines is 3. The van der Waals surface area contributed by atoms with E-state index < -0.39 is 0 Å². The molecule has 0 saturated heterocycles. The van der Waals surface area contributed by atoms with Crippen molar-refractivity contribution in [3.8, 4) is 0 Å². The molecule has 0 amide bonds. The fourth-order valence-electron chi connectivity index (χ4n) is 1.66. The van der Waals surface area contributed by atoms with Gasteiger partial charge in [-0.15, -0.1) is 0 Å². The number of rotatable bonds is 4. The predicted molar refractivity (Wildman–Crippen MR) is 77.8 cm³/mol. The number of hydrogen-bond donors (Lipinski definition) is 2. The van der Waals surface area contributed by atoms with Gasteiger partial charge < -0.3 is 11.1 Å². The van der Waals surface area contributed by atoms with E-state index in [1.54, 1.807) is 18.2 Å². The molecule has 0 aliphatic carbocycles. The summed E-state index contributed by atoms with van der Waals surface area (Å²) >= 11 is 3.30. The molecule has 0 radical (unpaired) electrons. The van der Waals surface area contributed by atoms with Gasteiger partial charge in [-0.2, -0.15) is 0 Å². The van der Waals surface area contributed by atoms with Crippen molar-refractivity contribution in [2.75, 3.05) is 11.1 Å². The first-order chi connectivity index (χ1) is 9.10. The molecule has 1 aromatic heterocycles. The summed E-state index contributed by atoms with van der Waals surface area (Å²) in [7, 11) is 0. The second kappa shape index (κ2) is 5.97. The van der Waals surface area contributed by atoms with Gasteiger partial charge >= 0.3 is 0 Å². The molecule has 2 aromatic rings. The van der Waals surface area contributed by atoms with E-state index in [4.69, 9.17) is 5.73 Å². The number of hydrogen-bond acceptors (Lipinski definition) is 4. The van der Waals surface area contributed by atoms with Crippen LogP contribution < -0.4 is 11.1 Å². The third-order valence-electron chi connectivity index (χ3n) is 2.48. The summed E-state index contributed by atoms with van der Waals surface area (Å²) in [6, 6.07) is 6.34. The van der Waals surface area contributed by atoms with Crippen molar-refractivity contribution in [2.45, 2.75) is 19.8 Å². The molecule has 0 spiro atoms. The van der Waals surface area contributed by atoms with Crippen molar-refractivity contribution in [3.63, 3.8) is 0 Å². The minimum Gasteiger partial charge on any atom is -0.384 e. The van der Waals surface area contributed by atoms with Gasteiger partial charge in [0.1, 0.15) is 23.3 Å². The minimum absolute atomic E-state index is 0.336. The summed E-state index contributed by atoms with van der Waals surface area (Å²) in [5.74, 6) is 1.15. The monoisotopic (exact) mass is 324 g/mol. The summed E-state index contributed by atoms with van der Waals surface area (Å²) in [5.41, 5.74) is 6.06. The van der Waals surface area contributed by atoms with Crippen LogP contribution in [0.2, 0.25) is 0 Å². The topological polar surface area (TPSA) is 63.8 Å². The molecule has 0 atom stereocenters. The Morgan fingerprint density at radius 2 is 2.16 bits per heavy atom. The van der Waals surface area contributed by atoms with Crippen molar-refractivity contribution < 1.29 is 4.39 Å². The number of aryl methyl sites for hydroxylation is 1. The molecule has 0 aliphatic heterocycles. The van der Waals surface area contributed by atoms with Crippen LogP contribution in [0.25, 0.3) is 0 Å². The summed E-state index contributed by atoms with van der Waals surface area (Å²) in [6.07, 6.45) is 1.66. The largest absolute Gasteiger partial charge is 0.384 e. The number of nitrogens with two attached hydrogens (primary N) is 1. The van der Waals surface area contributed by atoms with E-state index in [0.717, 1.165) is 12.8 Å². The lowest BCUT2D eigenvalue weighted by Crippen LogP contribution is -2.04. The fourth-order valence-corrected chi connectivity index (χ4v) is 2.10. The lowest BCUT2D eigenvalue weighted by atomic mass is 10.3. The maximum absolute atomic E-state index is 13.7. The molecule has 100 valence electrons. The van der Waals surface area contributed by atoms with Gasteiger partial charge in [-0.05, 0) is 34.5 Å². The maximum atomic E-state index is 13.7. The summed E-state index contributed by atoms with van der Waals surface area (Å²) in [5, 5.41) is 2.93. The second-order valence-electron chi connectivity index (χ2n) is 4.07. The van der Waals surface area contributed by atoms with Crippen LogP contribution in [0.15, 0.2) is 28.7 Å². The standard InChI is InChI=1S/C13H14BrFN4/c1-2-4-11-17-10(16)7-12(18-11)19-13-8(14)5-3-6-9(13)15/h3,5-7H,2,4H2,1H3,(H3,16,17,18,19). The molecule has 19 heavy (non-hydrogen) atoms. The average molecular weight is 325 g/mol. The number of aromatic nitrogens is 2. The van der Waals surface area contributed by atoms with Gasteiger partial charge in [0.05, 0.1) is 5.69 Å². The van der Waals surface area contributed by atoms with Gasteiger partial charge in [0.15, 0.2) is 0 Å². The molecule has 3 N–H and O–H groups in total. The van der Waals surface area contributed by atoms with E-state index >= 15 is 0 Å². The van der Waals surface area contributed by atoms with Crippen LogP contribution in [0.1, 0.15) is 19.2 Å². The van der Waals surface area contributed by atoms with Crippen LogP contribution in [-0.2, 0) is 6.42 Å². The van der Waals surface area contributed by atoms with E-state index in [1.165, 1.54) is 6.07 Å². The number of benzene rings is 1. The minimum atomic E-state index is -0.358. The lowest BCUT2D eigenvalue weighted by Gasteiger charge is -2.10. The van der Waals surface area contributed by atoms with Crippen LogP contribution in [0.5, 0.6) is 0 Å². The fraction of sp³-hybridized carbons (Fsp3) is 0.231. The number of nitrogens with one attached hydrogen (secondary N) is 1. The highest BCUT2D eigenvalue weighted by atomic mass is 79.9. The first kappa shape index (κ1) is 13.7. The Balaban J connectivity index is 2.33. The molecule has 0 fully saturated rings. The van der Waals surface area contributed by atoms with Gasteiger partial charge in [-0.1, -0.05) is 13.0 Å². The SMILES string of the molecule is CCCc1nc(N)cc(Nc2c(F)cccc2Br)n1. The van der Waals surface area contributed by atoms with Gasteiger partial charge in [-0.3, -0.25) is 0 Å². The normalized spacial score (nSPS) is 10.5. The Morgan fingerprint density at radius 3 is 2.84 bits per heavy atom. The smallest absolute Gasteiger partial charge is 0.147 e. The lowest BCUT2D eigenvalue weighted by molar-refractivity contribution is 0.631. The molecular weight excluding hydrogens is 311 g/mol. The van der Waals surface area contributed by atoms with Gasteiger partial charge in [0.2, 0.25) is 0 Å². The zero-order valence-corrected chi connectivity index (χ0v) is 12.0. The first-order valence-corrected chi connectivity index (χ1v) is 6.74. The highest BCUT2D eigenvalue weighted by Gasteiger charge is 2.09. The zero-order chi connectivity index (χ0) is 13.8. The van der Waals surface area contributed by atoms with Crippen LogP contribution in [0.4, 0.5) is 21.7 Å². The molecule has 2 rings (SSSR count). The van der Waals surface area contributed by atoms with E-state index in [0.29, 0.717) is 27.6 Å². The summed E-state index contributed by atoms with van der Waals surface area (Å²) in [6.45, 7) is 2.03. The van der Waals surface area contributed by atoms with Crippen LogP contribution in [-0.4, -0.2) is 9.97 Å². The van der Waals surface area contributed by atoms with E-state index in [-0.39, 0.29) is 5.82 Å². The number of para-hydroxylation sites is 1. The van der Waals surface area contributed by atoms with Crippen LogP contribution >= 0.6 is 15.9 Å². The highest BCUT2D eigenvalue weighted by molar-refractivity contribution is 9.10. The average Bonchev–Trinajstić information content (AvgIpc) is 2.34. The van der Waals surface area contributed by atoms with E-state index in [1.807, 2.05) is 6.92 Å². The molecule has 4 nitrogen and oxygen atoms in total. The second-order valence-corrected chi connectivity index (χ2v) is 4.92. The first-order valence-electron chi connectivity index (χ1n) is 5.94. The van der Waals surface area contributed by atoms with E-state index in [9.17, 15) is 4.39 Å². The van der Waals surface area contributed by atoms with Gasteiger partial charge in [0.25, 0.3) is 0 Å². The van der Waals surface area contributed by atoms with Crippen molar-refractivity contribution in [3.05, 3.63) is 40.4 Å². The van der Waals surface area contributed by atoms with Crippen molar-refractivity contribution in [2.24, 2.45) is 0 Å². The van der Waals surface area contributed by atoms with Crippen LogP contribution in [0.3, 0.4) is 0 Å². The molecule has 0 aliphatic rings. The quantitative estimate of drug-likeness (QED) is 0.900. The van der Waals surface area contributed by atoms with Crippen molar-refractivity contribution >= 4 is 33.3 Å². The predicted octanol–water partition coefficient (Wildman–Crippen LogP) is 3.66. The Labute approximate surface area is 119 Å². The molecule has 1 aromatic carbocycles. The number of nitrogen functional groups attached to an aromatic ring is 1. The van der Waals surface area contributed by atoms with E-state index in [2.05, 4.69) is 31.2 Å². The maximum Gasteiger partial charge on any atom is 0.147 e. The Morgan fingerprint density at radius 1 is 1.37 bits per heavy atom. The third kappa shape index (κ3) is 3.41. The molecule has 6 heteroatoms. The molecule has 0 bridgehead atoms. The van der Waals surface area contributed by atoms with Gasteiger partial charge in [-0.25, -0.2) is 14.4 Å². The highest BCUT2D eigenvalue weighted by Crippen LogP contribution is 2.28. The Hall–Kier alpha value is -1.69. The molecule has 0 unspecified atom stereocenters. The Kier molecular flexibility index (Phi) is 4.31. The van der Waals surface area contributed by atoms with Crippen molar-refractivity contribution in [1.82, 2.24) is 9.97 Å². The molecular formula is C13H14BrFN4. The summed E-state index contributed by atoms with van der Waals surface area (Å²) < 4.78 is 14.3. The zero-order valence-electron chi connectivity index (χ0n) is 10.5.